The summed E-state index contributed by atoms with van der Waals surface area (Å²) in [5.41, 5.74) is 1.09. The van der Waals surface area contributed by atoms with Crippen LogP contribution in [0.25, 0.3) is 0 Å². The summed E-state index contributed by atoms with van der Waals surface area (Å²) in [4.78, 5) is 11.8. The second kappa shape index (κ2) is 7.28. The minimum atomic E-state index is -0.193. The van der Waals surface area contributed by atoms with Crippen LogP contribution in [0.1, 0.15) is 46.2 Å². The normalized spacial score (nSPS) is 13.0. The van der Waals surface area contributed by atoms with Crippen molar-refractivity contribution in [3.05, 3.63) is 18.0 Å². The number of rotatable bonds is 7. The molecule has 1 aromatic rings. The Bertz CT molecular complexity index is 398. The van der Waals surface area contributed by atoms with Crippen molar-refractivity contribution in [2.24, 2.45) is 5.92 Å². The van der Waals surface area contributed by atoms with E-state index in [0.29, 0.717) is 18.5 Å². The first-order chi connectivity index (χ1) is 8.90. The highest BCUT2D eigenvalue weighted by molar-refractivity contribution is 5.81. The summed E-state index contributed by atoms with van der Waals surface area (Å²) in [5.74, 6) is 0.519. The summed E-state index contributed by atoms with van der Waals surface area (Å²) in [6, 6.07) is 0.168. The maximum Gasteiger partial charge on any atom is 0.236 e. The van der Waals surface area contributed by atoms with Crippen LogP contribution in [0.3, 0.4) is 0 Å². The topological polar surface area (TPSA) is 59.0 Å². The van der Waals surface area contributed by atoms with Crippen LogP contribution in [0.5, 0.6) is 0 Å². The van der Waals surface area contributed by atoms with Gasteiger partial charge in [0.15, 0.2) is 0 Å². The average Bonchev–Trinajstić information content (AvgIpc) is 2.81. The zero-order chi connectivity index (χ0) is 14.4. The van der Waals surface area contributed by atoms with Crippen molar-refractivity contribution >= 4 is 5.91 Å². The molecule has 5 nitrogen and oxygen atoms in total. The Morgan fingerprint density at radius 3 is 2.53 bits per heavy atom. The molecule has 1 heterocycles. The van der Waals surface area contributed by atoms with Gasteiger partial charge in [-0.05, 0) is 26.7 Å². The molecule has 0 saturated heterocycles. The maximum atomic E-state index is 11.8. The Morgan fingerprint density at radius 2 is 2.00 bits per heavy atom. The highest BCUT2D eigenvalue weighted by atomic mass is 16.2. The van der Waals surface area contributed by atoms with Crippen molar-refractivity contribution in [1.29, 1.82) is 0 Å². The van der Waals surface area contributed by atoms with E-state index in [4.69, 9.17) is 0 Å². The van der Waals surface area contributed by atoms with Gasteiger partial charge in [-0.25, -0.2) is 0 Å². The number of carbonyl (C=O) groups is 1. The molecule has 0 saturated carbocycles. The number of hydrogen-bond acceptors (Lipinski definition) is 3. The Balaban J connectivity index is 2.36. The van der Waals surface area contributed by atoms with Gasteiger partial charge in [-0.2, -0.15) is 5.10 Å². The third kappa shape index (κ3) is 5.42. The van der Waals surface area contributed by atoms with Crippen LogP contribution in [0.15, 0.2) is 12.4 Å². The number of aromatic nitrogens is 2. The van der Waals surface area contributed by atoms with E-state index < -0.39 is 0 Å². The van der Waals surface area contributed by atoms with Gasteiger partial charge in [0, 0.05) is 30.9 Å². The Kier molecular flexibility index (Phi) is 6.02. The van der Waals surface area contributed by atoms with Gasteiger partial charge in [0.2, 0.25) is 5.91 Å². The fourth-order valence-electron chi connectivity index (χ4n) is 1.57. The fraction of sp³-hybridized carbons (Fsp3) is 0.714. The SMILES string of the molecule is CC(C)CNC(=O)C(C)NCc1cnn(C(C)C)c1. The molecule has 1 atom stereocenters. The lowest BCUT2D eigenvalue weighted by molar-refractivity contribution is -0.122. The predicted molar refractivity (Wildman–Crippen MR) is 76.8 cm³/mol. The molecule has 0 aliphatic carbocycles. The van der Waals surface area contributed by atoms with Gasteiger partial charge >= 0.3 is 0 Å². The second-order valence-electron chi connectivity index (χ2n) is 5.66. The van der Waals surface area contributed by atoms with Gasteiger partial charge in [0.1, 0.15) is 0 Å². The largest absolute Gasteiger partial charge is 0.354 e. The molecule has 0 aliphatic rings. The molecule has 1 aromatic heterocycles. The zero-order valence-electron chi connectivity index (χ0n) is 12.6. The minimum absolute atomic E-state index is 0.0463. The second-order valence-corrected chi connectivity index (χ2v) is 5.66. The van der Waals surface area contributed by atoms with Gasteiger partial charge < -0.3 is 10.6 Å². The van der Waals surface area contributed by atoms with Crippen LogP contribution < -0.4 is 10.6 Å². The number of hydrogen-bond donors (Lipinski definition) is 2. The van der Waals surface area contributed by atoms with E-state index in [1.165, 1.54) is 0 Å². The van der Waals surface area contributed by atoms with Gasteiger partial charge in [0.05, 0.1) is 12.2 Å². The summed E-state index contributed by atoms with van der Waals surface area (Å²) in [7, 11) is 0. The van der Waals surface area contributed by atoms with Crippen LogP contribution in [0.2, 0.25) is 0 Å². The smallest absolute Gasteiger partial charge is 0.236 e. The molecule has 1 amide bonds. The quantitative estimate of drug-likeness (QED) is 0.790. The van der Waals surface area contributed by atoms with Gasteiger partial charge in [0.25, 0.3) is 0 Å². The van der Waals surface area contributed by atoms with Crippen LogP contribution in [0, 0.1) is 5.92 Å². The standard InChI is InChI=1S/C14H26N4O/c1-10(2)6-16-14(19)12(5)15-7-13-8-17-18(9-13)11(3)4/h8-12,15H,6-7H2,1-5H3,(H,16,19). The van der Waals surface area contributed by atoms with E-state index in [1.54, 1.807) is 0 Å². The lowest BCUT2D eigenvalue weighted by Crippen LogP contribution is -2.42. The number of amides is 1. The fourth-order valence-corrected chi connectivity index (χ4v) is 1.57. The summed E-state index contributed by atoms with van der Waals surface area (Å²) >= 11 is 0. The van der Waals surface area contributed by atoms with Crippen LogP contribution in [-0.2, 0) is 11.3 Å². The number of carbonyl (C=O) groups excluding carboxylic acids is 1. The molecule has 0 radical (unpaired) electrons. The van der Waals surface area contributed by atoms with Gasteiger partial charge in [-0.3, -0.25) is 9.48 Å². The first kappa shape index (κ1) is 15.7. The molecule has 0 bridgehead atoms. The van der Waals surface area contributed by atoms with Crippen molar-refractivity contribution in [2.45, 2.75) is 53.2 Å². The van der Waals surface area contributed by atoms with E-state index in [9.17, 15) is 4.79 Å². The molecule has 2 N–H and O–H groups in total. The molecule has 1 unspecified atom stereocenters. The van der Waals surface area contributed by atoms with E-state index in [2.05, 4.69) is 43.4 Å². The summed E-state index contributed by atoms with van der Waals surface area (Å²) in [6.45, 7) is 11.6. The summed E-state index contributed by atoms with van der Waals surface area (Å²) < 4.78 is 1.92. The van der Waals surface area contributed by atoms with E-state index in [-0.39, 0.29) is 11.9 Å². The Labute approximate surface area is 115 Å². The lowest BCUT2D eigenvalue weighted by atomic mass is 10.2. The van der Waals surface area contributed by atoms with Crippen LogP contribution in [-0.4, -0.2) is 28.3 Å². The van der Waals surface area contributed by atoms with Crippen molar-refractivity contribution in [3.63, 3.8) is 0 Å². The highest BCUT2D eigenvalue weighted by Gasteiger charge is 2.12. The first-order valence-electron chi connectivity index (χ1n) is 6.94. The summed E-state index contributed by atoms with van der Waals surface area (Å²) in [6.07, 6.45) is 3.85. The molecular weight excluding hydrogens is 240 g/mol. The maximum absolute atomic E-state index is 11.8. The van der Waals surface area contributed by atoms with Crippen LogP contribution >= 0.6 is 0 Å². The minimum Gasteiger partial charge on any atom is -0.354 e. The van der Waals surface area contributed by atoms with Gasteiger partial charge in [-0.1, -0.05) is 13.8 Å². The van der Waals surface area contributed by atoms with Crippen molar-refractivity contribution in [3.8, 4) is 0 Å². The van der Waals surface area contributed by atoms with Crippen molar-refractivity contribution in [1.82, 2.24) is 20.4 Å². The monoisotopic (exact) mass is 266 g/mol. The molecule has 5 heteroatoms. The van der Waals surface area contributed by atoms with E-state index in [0.717, 1.165) is 12.1 Å². The zero-order valence-corrected chi connectivity index (χ0v) is 12.6. The molecule has 0 fully saturated rings. The third-order valence-electron chi connectivity index (χ3n) is 2.87. The molecule has 0 spiro atoms. The predicted octanol–water partition coefficient (Wildman–Crippen LogP) is 1.71. The Morgan fingerprint density at radius 1 is 1.32 bits per heavy atom. The van der Waals surface area contributed by atoms with Crippen molar-refractivity contribution in [2.75, 3.05) is 6.54 Å². The van der Waals surface area contributed by atoms with E-state index >= 15 is 0 Å². The summed E-state index contributed by atoms with van der Waals surface area (Å²) in [5, 5.41) is 10.4. The molecule has 0 aliphatic heterocycles. The van der Waals surface area contributed by atoms with E-state index in [1.807, 2.05) is 24.0 Å². The third-order valence-corrected chi connectivity index (χ3v) is 2.87. The van der Waals surface area contributed by atoms with Gasteiger partial charge in [-0.15, -0.1) is 0 Å². The molecular formula is C14H26N4O. The number of nitrogens with one attached hydrogen (secondary N) is 2. The molecule has 1 rings (SSSR count). The van der Waals surface area contributed by atoms with Crippen molar-refractivity contribution < 1.29 is 4.79 Å². The average molecular weight is 266 g/mol. The molecule has 0 aromatic carbocycles. The molecule has 19 heavy (non-hydrogen) atoms. The lowest BCUT2D eigenvalue weighted by Gasteiger charge is -2.14. The Hall–Kier alpha value is -1.36. The molecule has 108 valence electrons. The highest BCUT2D eigenvalue weighted by Crippen LogP contribution is 2.05. The first-order valence-corrected chi connectivity index (χ1v) is 6.94. The number of nitrogens with zero attached hydrogens (tertiary/aromatic N) is 2. The van der Waals surface area contributed by atoms with Crippen LogP contribution in [0.4, 0.5) is 0 Å².